The van der Waals surface area contributed by atoms with Crippen molar-refractivity contribution in [2.24, 2.45) is 4.99 Å². The van der Waals surface area contributed by atoms with Crippen LogP contribution in [-0.4, -0.2) is 12.4 Å². The third-order valence-corrected chi connectivity index (χ3v) is 2.99. The quantitative estimate of drug-likeness (QED) is 0.735. The first kappa shape index (κ1) is 10.7. The zero-order valence-electron chi connectivity index (χ0n) is 7.55. The molecule has 0 aliphatic carbocycles. The van der Waals surface area contributed by atoms with Gasteiger partial charge in [-0.15, -0.1) is 0 Å². The molecule has 1 aliphatic rings. The Labute approximate surface area is 93.1 Å². The van der Waals surface area contributed by atoms with Crippen LogP contribution in [0.4, 0.5) is 13.2 Å². The van der Waals surface area contributed by atoms with Crippen molar-refractivity contribution in [2.75, 3.05) is 0 Å². The smallest absolute Gasteiger partial charge is 0.267 e. The first-order valence-electron chi connectivity index (χ1n) is 4.28. The molecule has 80 valence electrons. The molecule has 0 saturated carbocycles. The second-order valence-corrected chi connectivity index (χ2v) is 3.92. The normalized spacial score (nSPS) is 24.3. The molecule has 0 fully saturated rings. The van der Waals surface area contributed by atoms with Crippen molar-refractivity contribution >= 4 is 22.1 Å². The average molecular weight is 278 g/mol. The van der Waals surface area contributed by atoms with Gasteiger partial charge >= 0.3 is 6.18 Å². The minimum absolute atomic E-state index is 0.187. The van der Waals surface area contributed by atoms with Gasteiger partial charge < -0.3 is 0 Å². The Balaban J connectivity index is 2.38. The predicted molar refractivity (Wildman–Crippen MR) is 55.3 cm³/mol. The van der Waals surface area contributed by atoms with Gasteiger partial charge in [-0.3, -0.25) is 4.99 Å². The molecule has 0 saturated heterocycles. The Morgan fingerprint density at radius 3 is 2.47 bits per heavy atom. The average Bonchev–Trinajstić information content (AvgIpc) is 2.97. The Morgan fingerprint density at radius 2 is 2.00 bits per heavy atom. The summed E-state index contributed by atoms with van der Waals surface area (Å²) in [6.45, 7) is 0. The van der Waals surface area contributed by atoms with E-state index < -0.39 is 11.7 Å². The molecular weight excluding hydrogens is 271 g/mol. The molecule has 0 bridgehead atoms. The molecule has 2 rings (SSSR count). The molecule has 0 amide bonds. The van der Waals surface area contributed by atoms with E-state index in [1.165, 1.54) is 12.1 Å². The van der Waals surface area contributed by atoms with Gasteiger partial charge in [-0.1, -0.05) is 40.2 Å². The summed E-state index contributed by atoms with van der Waals surface area (Å²) in [5.41, 5.74) is -1.05. The second kappa shape index (κ2) is 3.33. The number of nitrogens with zero attached hydrogens (tertiary/aromatic N) is 1. The molecular formula is C10H7BrF3N. The molecule has 1 aromatic carbocycles. The van der Waals surface area contributed by atoms with Gasteiger partial charge in [0.05, 0.1) is 0 Å². The molecule has 1 aromatic rings. The zero-order chi connectivity index (χ0) is 11.1. The Kier molecular flexibility index (Phi) is 2.37. The molecule has 5 heteroatoms. The van der Waals surface area contributed by atoms with Crippen molar-refractivity contribution in [3.05, 3.63) is 35.4 Å². The van der Waals surface area contributed by atoms with Gasteiger partial charge in [-0.2, -0.15) is 13.2 Å². The van der Waals surface area contributed by atoms with Crippen LogP contribution in [0.3, 0.4) is 0 Å². The van der Waals surface area contributed by atoms with E-state index in [1.807, 2.05) is 0 Å². The number of alkyl halides is 4. The highest BCUT2D eigenvalue weighted by atomic mass is 79.9. The van der Waals surface area contributed by atoms with Gasteiger partial charge in [0.1, 0.15) is 0 Å². The second-order valence-electron chi connectivity index (χ2n) is 3.36. The van der Waals surface area contributed by atoms with E-state index in [9.17, 15) is 13.2 Å². The molecule has 0 aromatic heterocycles. The lowest BCUT2D eigenvalue weighted by molar-refractivity contribution is -0.156. The maximum Gasteiger partial charge on any atom is 0.422 e. The van der Waals surface area contributed by atoms with E-state index in [4.69, 9.17) is 0 Å². The van der Waals surface area contributed by atoms with Crippen molar-refractivity contribution in [3.8, 4) is 0 Å². The van der Waals surface area contributed by atoms with Crippen LogP contribution >= 0.6 is 15.9 Å². The molecule has 1 heterocycles. The topological polar surface area (TPSA) is 12.4 Å². The van der Waals surface area contributed by atoms with Gasteiger partial charge in [0, 0.05) is 11.5 Å². The van der Waals surface area contributed by atoms with Gasteiger partial charge in [0.2, 0.25) is 5.54 Å². The molecule has 15 heavy (non-hydrogen) atoms. The van der Waals surface area contributed by atoms with Gasteiger partial charge in [-0.05, 0) is 11.1 Å². The lowest BCUT2D eigenvalue weighted by Gasteiger charge is -2.18. The SMILES string of the molecule is FC(F)(F)C1(c2cccc(CBr)c2)C=N1. The minimum atomic E-state index is -4.34. The standard InChI is InChI=1S/C10H7BrF3N/c11-5-7-2-1-3-8(4-7)9(6-15-9)10(12,13)14/h1-4,6H,5H2. The van der Waals surface area contributed by atoms with E-state index in [0.29, 0.717) is 5.33 Å². The maximum atomic E-state index is 12.7. The minimum Gasteiger partial charge on any atom is -0.267 e. The summed E-state index contributed by atoms with van der Waals surface area (Å²) in [5.74, 6) is 0. The fourth-order valence-electron chi connectivity index (χ4n) is 1.42. The maximum absolute atomic E-state index is 12.7. The van der Waals surface area contributed by atoms with Crippen LogP contribution in [0.25, 0.3) is 0 Å². The van der Waals surface area contributed by atoms with Crippen LogP contribution in [0.15, 0.2) is 29.3 Å². The van der Waals surface area contributed by atoms with E-state index in [0.717, 1.165) is 11.8 Å². The lowest BCUT2D eigenvalue weighted by Crippen LogP contribution is -2.31. The van der Waals surface area contributed by atoms with Crippen LogP contribution in [0.5, 0.6) is 0 Å². The monoisotopic (exact) mass is 277 g/mol. The van der Waals surface area contributed by atoms with Crippen molar-refractivity contribution < 1.29 is 13.2 Å². The molecule has 1 nitrogen and oxygen atoms in total. The first-order valence-corrected chi connectivity index (χ1v) is 5.40. The summed E-state index contributed by atoms with van der Waals surface area (Å²) in [7, 11) is 0. The van der Waals surface area contributed by atoms with E-state index in [-0.39, 0.29) is 5.56 Å². The number of benzene rings is 1. The van der Waals surface area contributed by atoms with Crippen LogP contribution in [0, 0.1) is 0 Å². The highest BCUT2D eigenvalue weighted by Crippen LogP contribution is 2.47. The van der Waals surface area contributed by atoms with Gasteiger partial charge in [0.15, 0.2) is 0 Å². The third-order valence-electron chi connectivity index (χ3n) is 2.34. The van der Waals surface area contributed by atoms with E-state index >= 15 is 0 Å². The molecule has 1 atom stereocenters. The summed E-state index contributed by atoms with van der Waals surface area (Å²) >= 11 is 3.21. The van der Waals surface area contributed by atoms with E-state index in [1.54, 1.807) is 12.1 Å². The summed E-state index contributed by atoms with van der Waals surface area (Å²) in [5, 5.41) is 0.536. The molecule has 0 spiro atoms. The van der Waals surface area contributed by atoms with E-state index in [2.05, 4.69) is 20.9 Å². The van der Waals surface area contributed by atoms with Crippen LogP contribution in [-0.2, 0) is 10.9 Å². The van der Waals surface area contributed by atoms with Crippen molar-refractivity contribution in [2.45, 2.75) is 17.0 Å². The largest absolute Gasteiger partial charge is 0.422 e. The highest BCUT2D eigenvalue weighted by Gasteiger charge is 2.61. The summed E-state index contributed by atoms with van der Waals surface area (Å²) in [6, 6.07) is 6.35. The summed E-state index contributed by atoms with van der Waals surface area (Å²) < 4.78 is 38.0. The fourth-order valence-corrected chi connectivity index (χ4v) is 1.76. The van der Waals surface area contributed by atoms with Gasteiger partial charge in [0.25, 0.3) is 0 Å². The van der Waals surface area contributed by atoms with Crippen molar-refractivity contribution in [1.82, 2.24) is 0 Å². The predicted octanol–water partition coefficient (Wildman–Crippen LogP) is 3.42. The highest BCUT2D eigenvalue weighted by molar-refractivity contribution is 9.08. The van der Waals surface area contributed by atoms with Crippen molar-refractivity contribution in [3.63, 3.8) is 0 Å². The number of hydrogen-bond acceptors (Lipinski definition) is 1. The first-order chi connectivity index (χ1) is 6.99. The molecule has 1 aliphatic heterocycles. The number of aliphatic imine (C=N–C) groups is 1. The Bertz CT molecular complexity index is 405. The molecule has 0 N–H and O–H groups in total. The van der Waals surface area contributed by atoms with Crippen LogP contribution in [0.1, 0.15) is 11.1 Å². The van der Waals surface area contributed by atoms with Crippen molar-refractivity contribution in [1.29, 1.82) is 0 Å². The summed E-state index contributed by atoms with van der Waals surface area (Å²) in [6.07, 6.45) is -3.39. The third kappa shape index (κ3) is 1.69. The Hall–Kier alpha value is -0.840. The number of hydrogen-bond donors (Lipinski definition) is 0. The van der Waals surface area contributed by atoms with Crippen LogP contribution < -0.4 is 0 Å². The molecule has 1 unspecified atom stereocenters. The number of halogens is 4. The zero-order valence-corrected chi connectivity index (χ0v) is 9.14. The molecule has 0 radical (unpaired) electrons. The summed E-state index contributed by atoms with van der Waals surface area (Å²) in [4.78, 5) is 3.39. The van der Waals surface area contributed by atoms with Gasteiger partial charge in [-0.25, -0.2) is 0 Å². The van der Waals surface area contributed by atoms with Crippen LogP contribution in [0.2, 0.25) is 0 Å². The lowest BCUT2D eigenvalue weighted by atomic mass is 9.96. The fraction of sp³-hybridized carbons (Fsp3) is 0.300. The number of rotatable bonds is 2. The Morgan fingerprint density at radius 1 is 1.33 bits per heavy atom.